The number of benzene rings is 3. The number of hydrogen-bond donors (Lipinski definition) is 1. The van der Waals surface area contributed by atoms with Crippen LogP contribution in [0.25, 0.3) is 32.0 Å². The molecule has 0 unspecified atom stereocenters. The van der Waals surface area contributed by atoms with Gasteiger partial charge in [-0.1, -0.05) is 55.8 Å². The third kappa shape index (κ3) is 6.49. The molecule has 0 radical (unpaired) electrons. The van der Waals surface area contributed by atoms with Crippen LogP contribution in [-0.2, 0) is 23.0 Å². The molecule has 6 aromatic rings. The number of aryl methyl sites for hydroxylation is 1. The number of amides is 1. The summed E-state index contributed by atoms with van der Waals surface area (Å²) in [5, 5.41) is 0.702. The van der Waals surface area contributed by atoms with Crippen LogP contribution in [0.2, 0.25) is 0 Å². The third-order valence-corrected chi connectivity index (χ3v) is 9.86. The number of nitrogens with one attached hydrogen (secondary N) is 1. The minimum absolute atomic E-state index is 0.0138. The van der Waals surface area contributed by atoms with E-state index in [2.05, 4.69) is 21.6 Å². The molecule has 9 nitrogen and oxygen atoms in total. The van der Waals surface area contributed by atoms with Crippen molar-refractivity contribution in [2.24, 2.45) is 0 Å². The highest BCUT2D eigenvalue weighted by molar-refractivity contribution is 7.90. The van der Waals surface area contributed by atoms with Gasteiger partial charge in [0.25, 0.3) is 21.5 Å². The first-order chi connectivity index (χ1) is 22.2. The highest BCUT2D eigenvalue weighted by atomic mass is 32.2. The molecule has 3 aromatic heterocycles. The molecular formula is C34H28FN5O4S2. The quantitative estimate of drug-likeness (QED) is 0.186. The van der Waals surface area contributed by atoms with Gasteiger partial charge in [0.2, 0.25) is 0 Å². The topological polar surface area (TPSA) is 124 Å². The minimum Gasteiger partial charge on any atom is -0.291 e. The molecule has 232 valence electrons. The van der Waals surface area contributed by atoms with Gasteiger partial charge in [-0.3, -0.25) is 19.1 Å². The minimum atomic E-state index is -4.27. The third-order valence-electron chi connectivity index (χ3n) is 7.39. The molecule has 6 rings (SSSR count). The number of rotatable bonds is 10. The van der Waals surface area contributed by atoms with Crippen LogP contribution in [0, 0.1) is 5.82 Å². The Balaban J connectivity index is 1.29. The van der Waals surface area contributed by atoms with Gasteiger partial charge in [-0.25, -0.2) is 27.5 Å². The van der Waals surface area contributed by atoms with Gasteiger partial charge < -0.3 is 0 Å². The van der Waals surface area contributed by atoms with Gasteiger partial charge in [-0.05, 0) is 60.0 Å². The van der Waals surface area contributed by atoms with Gasteiger partial charge in [0.05, 0.1) is 11.4 Å². The maximum atomic E-state index is 13.8. The van der Waals surface area contributed by atoms with E-state index in [1.807, 2.05) is 24.3 Å². The lowest BCUT2D eigenvalue weighted by Crippen LogP contribution is -2.30. The Labute approximate surface area is 268 Å². The molecule has 3 aromatic carbocycles. The second kappa shape index (κ2) is 13.1. The van der Waals surface area contributed by atoms with E-state index < -0.39 is 21.7 Å². The van der Waals surface area contributed by atoms with Crippen LogP contribution in [-0.4, -0.2) is 33.8 Å². The summed E-state index contributed by atoms with van der Waals surface area (Å²) in [6.07, 6.45) is 5.79. The van der Waals surface area contributed by atoms with Gasteiger partial charge in [0.1, 0.15) is 21.3 Å². The van der Waals surface area contributed by atoms with Crippen molar-refractivity contribution < 1.29 is 17.6 Å². The molecule has 1 amide bonds. The Morgan fingerprint density at radius 2 is 1.63 bits per heavy atom. The summed E-state index contributed by atoms with van der Waals surface area (Å²) in [5.41, 5.74) is 2.98. The van der Waals surface area contributed by atoms with Crippen molar-refractivity contribution in [3.05, 3.63) is 130 Å². The van der Waals surface area contributed by atoms with Gasteiger partial charge in [0.15, 0.2) is 5.65 Å². The van der Waals surface area contributed by atoms with Crippen molar-refractivity contribution in [1.82, 2.24) is 24.2 Å². The lowest BCUT2D eigenvalue weighted by molar-refractivity contribution is 0.0981. The summed E-state index contributed by atoms with van der Waals surface area (Å²) in [6.45, 7) is 2.35. The molecule has 0 bridgehead atoms. The number of thiazole rings is 1. The summed E-state index contributed by atoms with van der Waals surface area (Å²) in [6, 6.07) is 21.9. The van der Waals surface area contributed by atoms with E-state index in [9.17, 15) is 22.4 Å². The number of halogens is 1. The number of carbonyl (C=O) groups is 1. The first-order valence-corrected chi connectivity index (χ1v) is 16.8. The summed E-state index contributed by atoms with van der Waals surface area (Å²) in [5.74, 6) is -0.747. The number of aromatic nitrogens is 4. The van der Waals surface area contributed by atoms with E-state index in [0.717, 1.165) is 36.1 Å². The molecule has 0 spiro atoms. The zero-order valence-corrected chi connectivity index (χ0v) is 26.3. The molecule has 1 N–H and O–H groups in total. The Bertz CT molecular complexity index is 2200. The van der Waals surface area contributed by atoms with E-state index in [0.29, 0.717) is 38.7 Å². The second-order valence-corrected chi connectivity index (χ2v) is 13.2. The molecule has 12 heteroatoms. The second-order valence-electron chi connectivity index (χ2n) is 10.6. The van der Waals surface area contributed by atoms with E-state index in [4.69, 9.17) is 4.98 Å². The smallest absolute Gasteiger partial charge is 0.273 e. The van der Waals surface area contributed by atoms with Gasteiger partial charge in [0, 0.05) is 35.5 Å². The van der Waals surface area contributed by atoms with Crippen molar-refractivity contribution >= 4 is 37.6 Å². The molecular weight excluding hydrogens is 626 g/mol. The van der Waals surface area contributed by atoms with E-state index in [-0.39, 0.29) is 22.6 Å². The fourth-order valence-electron chi connectivity index (χ4n) is 5.01. The SMILES string of the molecule is CCCCc1nc2nc(-c3ccncc3)sc2c(=O)n1Cc1ccc(-c2ccccc2S(=O)(=O)NC(=O)c2ccc(F)cc2)cc1. The van der Waals surface area contributed by atoms with E-state index in [1.54, 1.807) is 47.3 Å². The maximum Gasteiger partial charge on any atom is 0.273 e. The van der Waals surface area contributed by atoms with Crippen molar-refractivity contribution in [3.8, 4) is 21.7 Å². The van der Waals surface area contributed by atoms with E-state index >= 15 is 0 Å². The number of pyridine rings is 1. The number of nitrogens with zero attached hydrogens (tertiary/aromatic N) is 4. The Hall–Kier alpha value is -5.07. The molecule has 0 aliphatic rings. The number of carbonyl (C=O) groups excluding carboxylic acids is 1. The number of unbranched alkanes of at least 4 members (excludes halogenated alkanes) is 1. The molecule has 3 heterocycles. The standard InChI is InChI=1S/C34H28FN5O4S2/c1-2-3-8-29-37-31-30(45-33(38-31)25-17-19-36-20-18-25)34(42)40(29)21-22-9-11-23(12-10-22)27-6-4-5-7-28(27)46(43,44)39-32(41)24-13-15-26(35)16-14-24/h4-7,9-20H,2-3,8,21H2,1H3,(H,39,41). The zero-order valence-electron chi connectivity index (χ0n) is 24.7. The monoisotopic (exact) mass is 653 g/mol. The van der Waals surface area contributed by atoms with Crippen LogP contribution in [0.4, 0.5) is 4.39 Å². The Morgan fingerprint density at radius 3 is 2.35 bits per heavy atom. The molecule has 0 atom stereocenters. The van der Waals surface area contributed by atoms with Gasteiger partial charge in [-0.15, -0.1) is 11.3 Å². The zero-order chi connectivity index (χ0) is 32.3. The van der Waals surface area contributed by atoms with Crippen LogP contribution in [0.3, 0.4) is 0 Å². The summed E-state index contributed by atoms with van der Waals surface area (Å²) >= 11 is 1.30. The largest absolute Gasteiger partial charge is 0.291 e. The Morgan fingerprint density at radius 1 is 0.913 bits per heavy atom. The molecule has 46 heavy (non-hydrogen) atoms. The van der Waals surface area contributed by atoms with Crippen LogP contribution >= 0.6 is 11.3 Å². The Kier molecular flexibility index (Phi) is 8.82. The summed E-state index contributed by atoms with van der Waals surface area (Å²) in [7, 11) is -4.27. The summed E-state index contributed by atoms with van der Waals surface area (Å²) in [4.78, 5) is 39.8. The maximum absolute atomic E-state index is 13.8. The van der Waals surface area contributed by atoms with Crippen LogP contribution in [0.5, 0.6) is 0 Å². The number of fused-ring (bicyclic) bond motifs is 1. The predicted molar refractivity (Wildman–Crippen MR) is 176 cm³/mol. The fourth-order valence-corrected chi connectivity index (χ4v) is 7.17. The van der Waals surface area contributed by atoms with Crippen molar-refractivity contribution in [1.29, 1.82) is 0 Å². The highest BCUT2D eigenvalue weighted by Crippen LogP contribution is 2.29. The summed E-state index contributed by atoms with van der Waals surface area (Å²) < 4.78 is 44.1. The molecule has 0 aliphatic carbocycles. The number of hydrogen-bond acceptors (Lipinski definition) is 8. The fraction of sp³-hybridized carbons (Fsp3) is 0.147. The molecule has 0 saturated heterocycles. The molecule has 0 saturated carbocycles. The lowest BCUT2D eigenvalue weighted by atomic mass is 10.0. The first kappa shape index (κ1) is 30.9. The van der Waals surface area contributed by atoms with Crippen molar-refractivity contribution in [3.63, 3.8) is 0 Å². The predicted octanol–water partition coefficient (Wildman–Crippen LogP) is 6.23. The first-order valence-electron chi connectivity index (χ1n) is 14.5. The lowest BCUT2D eigenvalue weighted by Gasteiger charge is -2.14. The van der Waals surface area contributed by atoms with Crippen molar-refractivity contribution in [2.75, 3.05) is 0 Å². The van der Waals surface area contributed by atoms with Gasteiger partial charge >= 0.3 is 0 Å². The van der Waals surface area contributed by atoms with Crippen LogP contribution in [0.15, 0.2) is 107 Å². The average molecular weight is 654 g/mol. The van der Waals surface area contributed by atoms with E-state index in [1.165, 1.54) is 29.5 Å². The van der Waals surface area contributed by atoms with Crippen LogP contribution in [0.1, 0.15) is 41.5 Å². The van der Waals surface area contributed by atoms with Gasteiger partial charge in [-0.2, -0.15) is 0 Å². The normalized spacial score (nSPS) is 11.5. The molecule has 0 fully saturated rings. The molecule has 0 aliphatic heterocycles. The highest BCUT2D eigenvalue weighted by Gasteiger charge is 2.23. The van der Waals surface area contributed by atoms with Crippen LogP contribution < -0.4 is 10.3 Å². The number of sulfonamides is 1. The average Bonchev–Trinajstić information content (AvgIpc) is 3.51. The van der Waals surface area contributed by atoms with Crippen molar-refractivity contribution in [2.45, 2.75) is 37.6 Å².